The largest absolute Gasteiger partial charge is 0.399 e. The molecule has 0 amide bonds. The Labute approximate surface area is 126 Å². The van der Waals surface area contributed by atoms with Crippen LogP contribution in [0.5, 0.6) is 0 Å². The van der Waals surface area contributed by atoms with Crippen molar-refractivity contribution in [1.82, 2.24) is 10.1 Å². The van der Waals surface area contributed by atoms with Gasteiger partial charge in [-0.25, -0.2) is 8.78 Å². The fourth-order valence-corrected chi connectivity index (χ4v) is 2.35. The molecular formula is C14H8BrF2N3O. The van der Waals surface area contributed by atoms with Crippen LogP contribution in [0, 0.1) is 11.6 Å². The second kappa shape index (κ2) is 5.25. The number of benzene rings is 2. The fourth-order valence-electron chi connectivity index (χ4n) is 1.82. The monoisotopic (exact) mass is 351 g/mol. The topological polar surface area (TPSA) is 64.9 Å². The highest BCUT2D eigenvalue weighted by molar-refractivity contribution is 9.10. The minimum atomic E-state index is -0.516. The average molecular weight is 352 g/mol. The van der Waals surface area contributed by atoms with Gasteiger partial charge in [-0.05, 0) is 52.3 Å². The Hall–Kier alpha value is -2.28. The van der Waals surface area contributed by atoms with E-state index in [1.165, 1.54) is 36.4 Å². The van der Waals surface area contributed by atoms with E-state index in [2.05, 4.69) is 26.1 Å². The van der Waals surface area contributed by atoms with E-state index in [0.717, 1.165) is 0 Å². The summed E-state index contributed by atoms with van der Waals surface area (Å²) in [5, 5.41) is 3.78. The number of nitrogens with two attached hydrogens (primary N) is 1. The molecule has 4 nitrogen and oxygen atoms in total. The Morgan fingerprint density at radius 2 is 1.86 bits per heavy atom. The van der Waals surface area contributed by atoms with Crippen molar-refractivity contribution in [2.45, 2.75) is 0 Å². The van der Waals surface area contributed by atoms with E-state index in [9.17, 15) is 8.78 Å². The van der Waals surface area contributed by atoms with E-state index in [4.69, 9.17) is 10.3 Å². The van der Waals surface area contributed by atoms with Crippen molar-refractivity contribution < 1.29 is 13.3 Å². The summed E-state index contributed by atoms with van der Waals surface area (Å²) in [6.07, 6.45) is 0. The first kappa shape index (κ1) is 13.7. The first-order valence-electron chi connectivity index (χ1n) is 5.89. The normalized spacial score (nSPS) is 10.8. The van der Waals surface area contributed by atoms with Gasteiger partial charge in [0.25, 0.3) is 5.89 Å². The van der Waals surface area contributed by atoms with Crippen molar-refractivity contribution in [1.29, 1.82) is 0 Å². The maximum Gasteiger partial charge on any atom is 0.261 e. The molecule has 0 aliphatic heterocycles. The van der Waals surface area contributed by atoms with E-state index in [0.29, 0.717) is 15.7 Å². The summed E-state index contributed by atoms with van der Waals surface area (Å²) >= 11 is 3.22. The van der Waals surface area contributed by atoms with E-state index < -0.39 is 11.6 Å². The third-order valence-electron chi connectivity index (χ3n) is 2.82. The molecule has 21 heavy (non-hydrogen) atoms. The predicted molar refractivity (Wildman–Crippen MR) is 77.2 cm³/mol. The first-order valence-corrected chi connectivity index (χ1v) is 6.68. The SMILES string of the molecule is Nc1ccc(F)c(-c2nc(-c3ccc(F)cc3Br)no2)c1. The minimum absolute atomic E-state index is 0.00558. The van der Waals surface area contributed by atoms with Crippen molar-refractivity contribution in [2.24, 2.45) is 0 Å². The molecule has 0 unspecified atom stereocenters. The summed E-state index contributed by atoms with van der Waals surface area (Å²) in [7, 11) is 0. The molecule has 2 aromatic carbocycles. The van der Waals surface area contributed by atoms with Gasteiger partial charge in [0.15, 0.2) is 0 Å². The molecule has 0 saturated carbocycles. The van der Waals surface area contributed by atoms with Gasteiger partial charge in [-0.1, -0.05) is 5.16 Å². The molecule has 0 bridgehead atoms. The Bertz CT molecular complexity index is 820. The number of hydrogen-bond acceptors (Lipinski definition) is 4. The maximum absolute atomic E-state index is 13.8. The zero-order valence-corrected chi connectivity index (χ0v) is 12.1. The lowest BCUT2D eigenvalue weighted by Crippen LogP contribution is -1.90. The van der Waals surface area contributed by atoms with Gasteiger partial charge in [0.1, 0.15) is 11.6 Å². The van der Waals surface area contributed by atoms with Crippen LogP contribution < -0.4 is 5.73 Å². The second-order valence-electron chi connectivity index (χ2n) is 4.29. The van der Waals surface area contributed by atoms with Crippen molar-refractivity contribution in [2.75, 3.05) is 5.73 Å². The van der Waals surface area contributed by atoms with Gasteiger partial charge < -0.3 is 10.3 Å². The highest BCUT2D eigenvalue weighted by atomic mass is 79.9. The van der Waals surface area contributed by atoms with Gasteiger partial charge in [0, 0.05) is 15.7 Å². The summed E-state index contributed by atoms with van der Waals surface area (Å²) in [4.78, 5) is 4.12. The zero-order chi connectivity index (χ0) is 15.0. The molecule has 3 rings (SSSR count). The first-order chi connectivity index (χ1) is 10.0. The van der Waals surface area contributed by atoms with Crippen molar-refractivity contribution in [3.8, 4) is 22.8 Å². The third-order valence-corrected chi connectivity index (χ3v) is 3.47. The molecule has 106 valence electrons. The Balaban J connectivity index is 2.06. The number of aromatic nitrogens is 2. The van der Waals surface area contributed by atoms with Crippen LogP contribution in [0.15, 0.2) is 45.4 Å². The van der Waals surface area contributed by atoms with Gasteiger partial charge in [-0.3, -0.25) is 0 Å². The van der Waals surface area contributed by atoms with Crippen molar-refractivity contribution in [3.05, 3.63) is 52.5 Å². The standard InChI is InChI=1S/C14H8BrF2N3O/c15-11-5-7(16)1-3-9(11)13-19-14(21-20-13)10-6-8(18)2-4-12(10)17/h1-6H,18H2. The highest BCUT2D eigenvalue weighted by Crippen LogP contribution is 2.30. The number of nitrogens with zero attached hydrogens (tertiary/aromatic N) is 2. The number of halogens is 3. The average Bonchev–Trinajstić information content (AvgIpc) is 2.91. The van der Waals surface area contributed by atoms with Crippen LogP contribution in [0.1, 0.15) is 0 Å². The van der Waals surface area contributed by atoms with Crippen molar-refractivity contribution in [3.63, 3.8) is 0 Å². The summed E-state index contributed by atoms with van der Waals surface area (Å²) < 4.78 is 32.4. The molecule has 0 atom stereocenters. The molecule has 1 heterocycles. The van der Waals surface area contributed by atoms with Gasteiger partial charge in [-0.2, -0.15) is 4.98 Å². The molecule has 0 saturated heterocycles. The summed E-state index contributed by atoms with van der Waals surface area (Å²) in [6.45, 7) is 0. The zero-order valence-electron chi connectivity index (χ0n) is 10.5. The summed E-state index contributed by atoms with van der Waals surface area (Å²) in [6, 6.07) is 8.13. The fraction of sp³-hybridized carbons (Fsp3) is 0. The van der Waals surface area contributed by atoms with Gasteiger partial charge >= 0.3 is 0 Å². The molecular weight excluding hydrogens is 344 g/mol. The molecule has 0 radical (unpaired) electrons. The quantitative estimate of drug-likeness (QED) is 0.708. The van der Waals surface area contributed by atoms with E-state index in [-0.39, 0.29) is 17.3 Å². The molecule has 0 aliphatic rings. The minimum Gasteiger partial charge on any atom is -0.399 e. The van der Waals surface area contributed by atoms with Crippen LogP contribution >= 0.6 is 15.9 Å². The lowest BCUT2D eigenvalue weighted by atomic mass is 10.2. The molecule has 0 aliphatic carbocycles. The lowest BCUT2D eigenvalue weighted by Gasteiger charge is -1.99. The van der Waals surface area contributed by atoms with Crippen LogP contribution in [0.4, 0.5) is 14.5 Å². The number of anilines is 1. The Kier molecular flexibility index (Phi) is 3.42. The lowest BCUT2D eigenvalue weighted by molar-refractivity contribution is 0.429. The van der Waals surface area contributed by atoms with E-state index in [1.54, 1.807) is 0 Å². The van der Waals surface area contributed by atoms with Gasteiger partial charge in [-0.15, -0.1) is 0 Å². The maximum atomic E-state index is 13.8. The van der Waals surface area contributed by atoms with Crippen LogP contribution in [0.3, 0.4) is 0 Å². The molecule has 3 aromatic rings. The van der Waals surface area contributed by atoms with Crippen LogP contribution in [0.2, 0.25) is 0 Å². The summed E-state index contributed by atoms with van der Waals surface area (Å²) in [5.74, 6) is -0.682. The number of hydrogen-bond donors (Lipinski definition) is 1. The van der Waals surface area contributed by atoms with Gasteiger partial charge in [0.05, 0.1) is 5.56 Å². The molecule has 2 N–H and O–H groups in total. The Morgan fingerprint density at radius 1 is 1.05 bits per heavy atom. The number of rotatable bonds is 2. The smallest absolute Gasteiger partial charge is 0.261 e. The van der Waals surface area contributed by atoms with E-state index >= 15 is 0 Å². The molecule has 7 heteroatoms. The van der Waals surface area contributed by atoms with E-state index in [1.807, 2.05) is 0 Å². The van der Waals surface area contributed by atoms with Gasteiger partial charge in [0.2, 0.25) is 5.82 Å². The number of nitrogen functional groups attached to an aromatic ring is 1. The van der Waals surface area contributed by atoms with Crippen LogP contribution in [0.25, 0.3) is 22.8 Å². The second-order valence-corrected chi connectivity index (χ2v) is 5.14. The van der Waals surface area contributed by atoms with Crippen LogP contribution in [-0.2, 0) is 0 Å². The molecule has 1 aromatic heterocycles. The predicted octanol–water partition coefficient (Wildman–Crippen LogP) is 4.03. The highest BCUT2D eigenvalue weighted by Gasteiger charge is 2.16. The van der Waals surface area contributed by atoms with Crippen molar-refractivity contribution >= 4 is 21.6 Å². The summed E-state index contributed by atoms with van der Waals surface area (Å²) in [5.41, 5.74) is 6.66. The van der Waals surface area contributed by atoms with Crippen LogP contribution in [-0.4, -0.2) is 10.1 Å². The Morgan fingerprint density at radius 3 is 2.62 bits per heavy atom. The molecule has 0 spiro atoms. The third kappa shape index (κ3) is 2.64. The molecule has 0 fully saturated rings.